The molecule has 3 N–H and O–H groups in total. The Morgan fingerprint density at radius 3 is 3.00 bits per heavy atom. The van der Waals surface area contributed by atoms with Crippen LogP contribution in [-0.2, 0) is 0 Å². The van der Waals surface area contributed by atoms with Gasteiger partial charge < -0.3 is 10.2 Å². The lowest BCUT2D eigenvalue weighted by atomic mass is 10.2. The highest BCUT2D eigenvalue weighted by atomic mass is 35.5. The Hall–Kier alpha value is -2.60. The molecule has 4 rings (SSSR count). The van der Waals surface area contributed by atoms with Crippen molar-refractivity contribution < 1.29 is 4.42 Å². The van der Waals surface area contributed by atoms with Gasteiger partial charge in [0, 0.05) is 10.4 Å². The molecule has 1 aromatic carbocycles. The quantitative estimate of drug-likeness (QED) is 0.561. The molecule has 4 aromatic rings. The number of nitrogens with zero attached hydrogens (tertiary/aromatic N) is 3. The van der Waals surface area contributed by atoms with Crippen molar-refractivity contribution in [1.29, 1.82) is 0 Å². The summed E-state index contributed by atoms with van der Waals surface area (Å²) in [5.74, 6) is 0.762. The van der Waals surface area contributed by atoms with Gasteiger partial charge in [0.05, 0.1) is 11.6 Å². The van der Waals surface area contributed by atoms with Gasteiger partial charge in [-0.25, -0.2) is 4.98 Å². The summed E-state index contributed by atoms with van der Waals surface area (Å²) in [7, 11) is 0. The second-order valence-corrected chi connectivity index (χ2v) is 4.79. The van der Waals surface area contributed by atoms with Gasteiger partial charge in [0.15, 0.2) is 11.4 Å². The highest BCUT2D eigenvalue weighted by molar-refractivity contribution is 6.31. The highest BCUT2D eigenvalue weighted by Gasteiger charge is 2.14. The van der Waals surface area contributed by atoms with Crippen LogP contribution in [0.2, 0.25) is 5.02 Å². The fraction of sp³-hybridized carbons (Fsp3) is 0. The Morgan fingerprint density at radius 1 is 1.20 bits per heavy atom. The number of rotatable bonds is 1. The predicted octanol–water partition coefficient (Wildman–Crippen LogP) is 3.00. The molecular formula is C13H8ClN5O. The second-order valence-electron chi connectivity index (χ2n) is 4.36. The van der Waals surface area contributed by atoms with Crippen LogP contribution in [0.4, 0.5) is 5.95 Å². The first kappa shape index (κ1) is 11.2. The van der Waals surface area contributed by atoms with E-state index in [-0.39, 0.29) is 5.95 Å². The van der Waals surface area contributed by atoms with Gasteiger partial charge in [0.2, 0.25) is 5.95 Å². The van der Waals surface area contributed by atoms with E-state index < -0.39 is 0 Å². The number of hydrogen-bond acceptors (Lipinski definition) is 5. The number of anilines is 1. The zero-order valence-corrected chi connectivity index (χ0v) is 10.8. The highest BCUT2D eigenvalue weighted by Crippen LogP contribution is 2.31. The monoisotopic (exact) mass is 285 g/mol. The molecule has 0 aliphatic carbocycles. The molecule has 0 saturated carbocycles. The van der Waals surface area contributed by atoms with E-state index in [1.54, 1.807) is 12.3 Å². The van der Waals surface area contributed by atoms with Crippen LogP contribution >= 0.6 is 11.6 Å². The Balaban J connectivity index is 2.02. The smallest absolute Gasteiger partial charge is 0.222 e. The maximum atomic E-state index is 5.97. The average Bonchev–Trinajstić information content (AvgIpc) is 3.02. The normalized spacial score (nSPS) is 11.4. The Morgan fingerprint density at radius 2 is 2.10 bits per heavy atom. The fourth-order valence-corrected chi connectivity index (χ4v) is 2.35. The van der Waals surface area contributed by atoms with Crippen molar-refractivity contribution in [3.8, 4) is 11.5 Å². The molecule has 0 fully saturated rings. The topological polar surface area (TPSA) is 93.6 Å². The first-order valence-corrected chi connectivity index (χ1v) is 6.24. The summed E-state index contributed by atoms with van der Waals surface area (Å²) in [6.45, 7) is 0. The summed E-state index contributed by atoms with van der Waals surface area (Å²) in [6.07, 6.45) is 1.64. The summed E-state index contributed by atoms with van der Waals surface area (Å²) < 4.78 is 5.80. The maximum absolute atomic E-state index is 5.97. The number of furan rings is 1. The van der Waals surface area contributed by atoms with Gasteiger partial charge in [0.1, 0.15) is 11.3 Å². The fourth-order valence-electron chi connectivity index (χ4n) is 2.17. The van der Waals surface area contributed by atoms with E-state index in [2.05, 4.69) is 20.2 Å². The second kappa shape index (κ2) is 3.94. The molecule has 0 aliphatic heterocycles. The van der Waals surface area contributed by atoms with Crippen LogP contribution in [0.25, 0.3) is 33.5 Å². The Labute approximate surface area is 117 Å². The molecule has 3 heterocycles. The molecule has 0 saturated heterocycles. The van der Waals surface area contributed by atoms with Crippen LogP contribution in [0.5, 0.6) is 0 Å². The van der Waals surface area contributed by atoms with Gasteiger partial charge in [-0.05, 0) is 24.3 Å². The Kier molecular flexibility index (Phi) is 2.22. The molecular weight excluding hydrogens is 278 g/mol. The van der Waals surface area contributed by atoms with Crippen LogP contribution in [0.15, 0.2) is 34.9 Å². The lowest BCUT2D eigenvalue weighted by Crippen LogP contribution is -1.96. The van der Waals surface area contributed by atoms with E-state index in [0.717, 1.165) is 16.4 Å². The third-order valence-electron chi connectivity index (χ3n) is 3.04. The molecule has 7 heteroatoms. The van der Waals surface area contributed by atoms with Crippen molar-refractivity contribution >= 4 is 39.6 Å². The van der Waals surface area contributed by atoms with Crippen LogP contribution in [-0.4, -0.2) is 20.2 Å². The number of hydrogen-bond donors (Lipinski definition) is 2. The van der Waals surface area contributed by atoms with Crippen LogP contribution in [0.1, 0.15) is 0 Å². The van der Waals surface area contributed by atoms with Crippen molar-refractivity contribution in [2.24, 2.45) is 0 Å². The van der Waals surface area contributed by atoms with Gasteiger partial charge in [0.25, 0.3) is 0 Å². The Bertz CT molecular complexity index is 942. The number of aromatic nitrogens is 4. The third-order valence-corrected chi connectivity index (χ3v) is 3.27. The van der Waals surface area contributed by atoms with Crippen LogP contribution in [0.3, 0.4) is 0 Å². The minimum atomic E-state index is 0.162. The van der Waals surface area contributed by atoms with Gasteiger partial charge in [-0.1, -0.05) is 11.6 Å². The molecule has 0 amide bonds. The maximum Gasteiger partial charge on any atom is 0.222 e. The number of halogens is 1. The van der Waals surface area contributed by atoms with E-state index in [0.29, 0.717) is 22.1 Å². The summed E-state index contributed by atoms with van der Waals surface area (Å²) in [6, 6.07) is 7.30. The van der Waals surface area contributed by atoms with E-state index in [4.69, 9.17) is 21.8 Å². The number of benzene rings is 1. The minimum absolute atomic E-state index is 0.162. The van der Waals surface area contributed by atoms with E-state index in [1.165, 1.54) is 0 Å². The first-order valence-electron chi connectivity index (χ1n) is 5.87. The predicted molar refractivity (Wildman–Crippen MR) is 76.3 cm³/mol. The lowest BCUT2D eigenvalue weighted by Gasteiger charge is -1.99. The van der Waals surface area contributed by atoms with Gasteiger partial charge in [-0.15, -0.1) is 0 Å². The van der Waals surface area contributed by atoms with Crippen LogP contribution < -0.4 is 5.73 Å². The summed E-state index contributed by atoms with van der Waals surface area (Å²) in [4.78, 5) is 8.32. The number of nitrogen functional groups attached to an aromatic ring is 1. The zero-order valence-electron chi connectivity index (χ0n) is 10.1. The number of nitrogens with two attached hydrogens (primary N) is 1. The number of nitrogens with one attached hydrogen (secondary N) is 1. The standard InChI is InChI=1S/C13H8ClN5O/c14-7-1-2-9-6(3-7)4-10(20-9)11-8-5-16-19-12(8)18-13(15)17-11/h1-5H,(H3,15,16,17,18,19). The molecule has 20 heavy (non-hydrogen) atoms. The minimum Gasteiger partial charge on any atom is -0.454 e. The first-order chi connectivity index (χ1) is 9.70. The average molecular weight is 286 g/mol. The molecule has 0 radical (unpaired) electrons. The summed E-state index contributed by atoms with van der Waals surface area (Å²) >= 11 is 5.97. The van der Waals surface area contributed by atoms with Crippen molar-refractivity contribution in [2.75, 3.05) is 5.73 Å². The molecule has 98 valence electrons. The van der Waals surface area contributed by atoms with Crippen molar-refractivity contribution in [1.82, 2.24) is 20.2 Å². The SMILES string of the molecule is Nc1nc(-c2cc3cc(Cl)ccc3o2)c2cn[nH]c2n1. The van der Waals surface area contributed by atoms with Crippen molar-refractivity contribution in [2.45, 2.75) is 0 Å². The van der Waals surface area contributed by atoms with E-state index in [9.17, 15) is 0 Å². The largest absolute Gasteiger partial charge is 0.454 e. The number of H-pyrrole nitrogens is 1. The zero-order chi connectivity index (χ0) is 13.7. The summed E-state index contributed by atoms with van der Waals surface area (Å²) in [5, 5.41) is 9.03. The lowest BCUT2D eigenvalue weighted by molar-refractivity contribution is 0.629. The number of aromatic amines is 1. The molecule has 0 bridgehead atoms. The van der Waals surface area contributed by atoms with Crippen molar-refractivity contribution in [3.63, 3.8) is 0 Å². The van der Waals surface area contributed by atoms with Crippen molar-refractivity contribution in [3.05, 3.63) is 35.5 Å². The number of fused-ring (bicyclic) bond motifs is 2. The molecule has 0 unspecified atom stereocenters. The van der Waals surface area contributed by atoms with Gasteiger partial charge >= 0.3 is 0 Å². The van der Waals surface area contributed by atoms with Gasteiger partial charge in [-0.3, -0.25) is 5.10 Å². The van der Waals surface area contributed by atoms with E-state index in [1.807, 2.05) is 18.2 Å². The van der Waals surface area contributed by atoms with Crippen LogP contribution in [0, 0.1) is 0 Å². The summed E-state index contributed by atoms with van der Waals surface area (Å²) in [5.41, 5.74) is 7.62. The molecule has 0 spiro atoms. The van der Waals surface area contributed by atoms with Gasteiger partial charge in [-0.2, -0.15) is 10.1 Å². The third kappa shape index (κ3) is 1.62. The van der Waals surface area contributed by atoms with E-state index >= 15 is 0 Å². The molecule has 0 atom stereocenters. The molecule has 3 aromatic heterocycles. The molecule has 6 nitrogen and oxygen atoms in total. The molecule has 0 aliphatic rings.